The SMILES string of the molecule is Fc1cnc(N[C@@H]2CO[C@]3(CCN(Cc4cccs4)C3)C2)nc1. The summed E-state index contributed by atoms with van der Waals surface area (Å²) < 4.78 is 19.0. The van der Waals surface area contributed by atoms with Crippen LogP contribution in [-0.4, -0.2) is 46.2 Å². The van der Waals surface area contributed by atoms with E-state index in [0.29, 0.717) is 12.6 Å². The molecule has 23 heavy (non-hydrogen) atoms. The van der Waals surface area contributed by atoms with E-state index in [2.05, 4.69) is 37.7 Å². The van der Waals surface area contributed by atoms with Gasteiger partial charge in [-0.15, -0.1) is 11.3 Å². The maximum atomic E-state index is 12.9. The minimum Gasteiger partial charge on any atom is -0.371 e. The van der Waals surface area contributed by atoms with Crippen LogP contribution in [0.4, 0.5) is 10.3 Å². The Morgan fingerprint density at radius 1 is 1.43 bits per heavy atom. The van der Waals surface area contributed by atoms with Gasteiger partial charge in [0.05, 0.1) is 30.6 Å². The number of hydrogen-bond acceptors (Lipinski definition) is 6. The minimum absolute atomic E-state index is 0.0606. The number of likely N-dealkylation sites (tertiary alicyclic amines) is 1. The van der Waals surface area contributed by atoms with Crippen molar-refractivity contribution in [2.24, 2.45) is 0 Å². The Labute approximate surface area is 138 Å². The van der Waals surface area contributed by atoms with Crippen LogP contribution in [0.5, 0.6) is 0 Å². The first kappa shape index (κ1) is 15.0. The highest BCUT2D eigenvalue weighted by molar-refractivity contribution is 7.09. The molecule has 122 valence electrons. The second-order valence-electron chi connectivity index (χ2n) is 6.30. The maximum absolute atomic E-state index is 12.9. The normalized spacial score (nSPS) is 27.8. The lowest BCUT2D eigenvalue weighted by atomic mass is 9.97. The molecule has 4 rings (SSSR count). The number of aromatic nitrogens is 2. The molecule has 5 nitrogen and oxygen atoms in total. The van der Waals surface area contributed by atoms with E-state index >= 15 is 0 Å². The van der Waals surface area contributed by atoms with Crippen molar-refractivity contribution in [3.63, 3.8) is 0 Å². The third kappa shape index (κ3) is 3.36. The number of ether oxygens (including phenoxy) is 1. The second-order valence-corrected chi connectivity index (χ2v) is 7.34. The molecular weight excluding hydrogens is 315 g/mol. The molecule has 0 bridgehead atoms. The first-order valence-corrected chi connectivity index (χ1v) is 8.72. The lowest BCUT2D eigenvalue weighted by Gasteiger charge is -2.23. The molecule has 0 unspecified atom stereocenters. The fourth-order valence-electron chi connectivity index (χ4n) is 3.48. The number of nitrogens with zero attached hydrogens (tertiary/aromatic N) is 3. The van der Waals surface area contributed by atoms with Gasteiger partial charge in [0.2, 0.25) is 5.95 Å². The highest BCUT2D eigenvalue weighted by Gasteiger charge is 2.45. The van der Waals surface area contributed by atoms with E-state index in [4.69, 9.17) is 4.74 Å². The van der Waals surface area contributed by atoms with Gasteiger partial charge >= 0.3 is 0 Å². The molecule has 2 atom stereocenters. The van der Waals surface area contributed by atoms with Crippen LogP contribution in [-0.2, 0) is 11.3 Å². The molecule has 0 aromatic carbocycles. The standard InChI is InChI=1S/C16H19FN4OS/c17-12-7-18-15(19-8-12)20-13-6-16(22-10-13)3-4-21(11-16)9-14-2-1-5-23-14/h1-2,5,7-8,13H,3-4,6,9-11H2,(H,18,19,20)/t13-,16+/m0/s1. The molecule has 2 aromatic heterocycles. The number of anilines is 1. The summed E-state index contributed by atoms with van der Waals surface area (Å²) >= 11 is 1.80. The zero-order chi connectivity index (χ0) is 15.7. The van der Waals surface area contributed by atoms with Crippen LogP contribution in [0.25, 0.3) is 0 Å². The molecular formula is C16H19FN4OS. The lowest BCUT2D eigenvalue weighted by molar-refractivity contribution is 0.0120. The Bertz CT molecular complexity index is 651. The minimum atomic E-state index is -0.422. The van der Waals surface area contributed by atoms with Crippen molar-refractivity contribution in [3.05, 3.63) is 40.6 Å². The van der Waals surface area contributed by atoms with Crippen LogP contribution in [0.2, 0.25) is 0 Å². The molecule has 0 aliphatic carbocycles. The topological polar surface area (TPSA) is 50.3 Å². The molecule has 2 aromatic rings. The first-order chi connectivity index (χ1) is 11.2. The molecule has 1 N–H and O–H groups in total. The van der Waals surface area contributed by atoms with Crippen LogP contribution < -0.4 is 5.32 Å². The van der Waals surface area contributed by atoms with Gasteiger partial charge in [-0.25, -0.2) is 14.4 Å². The number of hydrogen-bond donors (Lipinski definition) is 1. The summed E-state index contributed by atoms with van der Waals surface area (Å²) in [5, 5.41) is 5.37. The number of nitrogens with one attached hydrogen (secondary N) is 1. The fraction of sp³-hybridized carbons (Fsp3) is 0.500. The zero-order valence-electron chi connectivity index (χ0n) is 12.7. The molecule has 0 amide bonds. The quantitative estimate of drug-likeness (QED) is 0.931. The van der Waals surface area contributed by atoms with Gasteiger partial charge in [0, 0.05) is 30.9 Å². The van der Waals surface area contributed by atoms with Gasteiger partial charge in [-0.3, -0.25) is 4.90 Å². The summed E-state index contributed by atoms with van der Waals surface area (Å²) in [7, 11) is 0. The Morgan fingerprint density at radius 2 is 2.30 bits per heavy atom. The molecule has 0 saturated carbocycles. The lowest BCUT2D eigenvalue weighted by Crippen LogP contribution is -2.33. The van der Waals surface area contributed by atoms with E-state index in [9.17, 15) is 4.39 Å². The molecule has 2 fully saturated rings. The molecule has 2 aliphatic heterocycles. The summed E-state index contributed by atoms with van der Waals surface area (Å²) in [6, 6.07) is 4.46. The predicted octanol–water partition coefficient (Wildman–Crippen LogP) is 2.52. The second kappa shape index (κ2) is 6.14. The van der Waals surface area contributed by atoms with E-state index in [0.717, 1.165) is 32.5 Å². The molecule has 2 aliphatic rings. The summed E-state index contributed by atoms with van der Waals surface area (Å²) in [4.78, 5) is 11.8. The number of halogens is 1. The van der Waals surface area contributed by atoms with Crippen molar-refractivity contribution in [2.45, 2.75) is 31.0 Å². The highest BCUT2D eigenvalue weighted by Crippen LogP contribution is 2.36. The van der Waals surface area contributed by atoms with Gasteiger partial charge in [0.15, 0.2) is 5.82 Å². The third-order valence-corrected chi connectivity index (χ3v) is 5.38. The summed E-state index contributed by atoms with van der Waals surface area (Å²) in [6.45, 7) is 3.68. The number of rotatable bonds is 4. The van der Waals surface area contributed by atoms with Gasteiger partial charge in [0.1, 0.15) is 0 Å². The van der Waals surface area contributed by atoms with E-state index in [1.165, 1.54) is 17.3 Å². The first-order valence-electron chi connectivity index (χ1n) is 7.84. The van der Waals surface area contributed by atoms with Gasteiger partial charge in [0.25, 0.3) is 0 Å². The van der Waals surface area contributed by atoms with Crippen LogP contribution in [0.15, 0.2) is 29.9 Å². The van der Waals surface area contributed by atoms with Crippen LogP contribution in [0.3, 0.4) is 0 Å². The van der Waals surface area contributed by atoms with Gasteiger partial charge in [-0.05, 0) is 17.9 Å². The molecule has 7 heteroatoms. The van der Waals surface area contributed by atoms with Crippen molar-refractivity contribution < 1.29 is 9.13 Å². The fourth-order valence-corrected chi connectivity index (χ4v) is 4.22. The van der Waals surface area contributed by atoms with E-state index < -0.39 is 5.82 Å². The monoisotopic (exact) mass is 334 g/mol. The van der Waals surface area contributed by atoms with Crippen molar-refractivity contribution >= 4 is 17.3 Å². The Hall–Kier alpha value is -1.57. The average molecular weight is 334 g/mol. The summed E-state index contributed by atoms with van der Waals surface area (Å²) in [5.41, 5.74) is -0.0606. The van der Waals surface area contributed by atoms with Gasteiger partial charge in [-0.1, -0.05) is 6.07 Å². The summed E-state index contributed by atoms with van der Waals surface area (Å²) in [5.74, 6) is 0.0418. The molecule has 2 saturated heterocycles. The zero-order valence-corrected chi connectivity index (χ0v) is 13.6. The number of thiophene rings is 1. The van der Waals surface area contributed by atoms with Crippen molar-refractivity contribution in [2.75, 3.05) is 25.0 Å². The Kier molecular flexibility index (Phi) is 4.00. The smallest absolute Gasteiger partial charge is 0.223 e. The molecule has 4 heterocycles. The molecule has 1 spiro atoms. The van der Waals surface area contributed by atoms with E-state index in [1.54, 1.807) is 11.3 Å². The van der Waals surface area contributed by atoms with Crippen molar-refractivity contribution in [1.82, 2.24) is 14.9 Å². The van der Waals surface area contributed by atoms with Crippen LogP contribution in [0.1, 0.15) is 17.7 Å². The Balaban J connectivity index is 1.33. The van der Waals surface area contributed by atoms with Crippen molar-refractivity contribution in [3.8, 4) is 0 Å². The van der Waals surface area contributed by atoms with E-state index in [-0.39, 0.29) is 11.6 Å². The van der Waals surface area contributed by atoms with Crippen molar-refractivity contribution in [1.29, 1.82) is 0 Å². The Morgan fingerprint density at radius 3 is 3.09 bits per heavy atom. The predicted molar refractivity (Wildman–Crippen MR) is 86.9 cm³/mol. The van der Waals surface area contributed by atoms with Crippen LogP contribution >= 0.6 is 11.3 Å². The largest absolute Gasteiger partial charge is 0.371 e. The van der Waals surface area contributed by atoms with Gasteiger partial charge < -0.3 is 10.1 Å². The third-order valence-electron chi connectivity index (χ3n) is 4.52. The average Bonchev–Trinajstić information content (AvgIpc) is 3.26. The summed E-state index contributed by atoms with van der Waals surface area (Å²) in [6.07, 6.45) is 4.36. The maximum Gasteiger partial charge on any atom is 0.223 e. The van der Waals surface area contributed by atoms with Gasteiger partial charge in [-0.2, -0.15) is 0 Å². The highest BCUT2D eigenvalue weighted by atomic mass is 32.1. The van der Waals surface area contributed by atoms with E-state index in [1.807, 2.05) is 0 Å². The van der Waals surface area contributed by atoms with Crippen LogP contribution in [0, 0.1) is 5.82 Å². The molecule has 0 radical (unpaired) electrons.